The fourth-order valence-electron chi connectivity index (χ4n) is 3.18. The van der Waals surface area contributed by atoms with Crippen LogP contribution in [0.4, 0.5) is 5.95 Å². The number of Topliss-reactive ketones (excluding diaryl/α,β-unsaturated/α-hetero) is 1. The van der Waals surface area contributed by atoms with Crippen molar-refractivity contribution in [2.45, 2.75) is 19.4 Å². The number of thiophene rings is 1. The number of anilines is 1. The molecular formula is C19H20N6O2S. The highest BCUT2D eigenvalue weighted by Gasteiger charge is 2.26. The zero-order chi connectivity index (χ0) is 19.7. The number of hydrogen-bond acceptors (Lipinski definition) is 7. The van der Waals surface area contributed by atoms with E-state index in [2.05, 4.69) is 25.3 Å². The average molecular weight is 396 g/mol. The lowest BCUT2D eigenvalue weighted by molar-refractivity contribution is 0.0944. The van der Waals surface area contributed by atoms with Gasteiger partial charge in [0.05, 0.1) is 21.6 Å². The fourth-order valence-corrected chi connectivity index (χ4v) is 3.98. The molecule has 3 aromatic heterocycles. The zero-order valence-electron chi connectivity index (χ0n) is 15.6. The summed E-state index contributed by atoms with van der Waals surface area (Å²) in [4.78, 5) is 36.1. The van der Waals surface area contributed by atoms with Crippen LogP contribution < -0.4 is 10.2 Å². The van der Waals surface area contributed by atoms with Gasteiger partial charge in [-0.2, -0.15) is 5.10 Å². The van der Waals surface area contributed by atoms with Crippen LogP contribution in [0.1, 0.15) is 32.7 Å². The van der Waals surface area contributed by atoms with Crippen LogP contribution in [0.25, 0.3) is 11.3 Å². The molecule has 0 bridgehead atoms. The Morgan fingerprint density at radius 1 is 1.25 bits per heavy atom. The lowest BCUT2D eigenvalue weighted by atomic mass is 10.2. The van der Waals surface area contributed by atoms with E-state index in [4.69, 9.17) is 0 Å². The van der Waals surface area contributed by atoms with Crippen LogP contribution in [-0.4, -0.2) is 50.6 Å². The van der Waals surface area contributed by atoms with E-state index in [1.165, 1.54) is 18.3 Å². The molecule has 1 atom stereocenters. The van der Waals surface area contributed by atoms with Crippen molar-refractivity contribution in [1.29, 1.82) is 0 Å². The van der Waals surface area contributed by atoms with Crippen LogP contribution in [0.5, 0.6) is 0 Å². The molecule has 3 aromatic rings. The Balaban J connectivity index is 1.41. The van der Waals surface area contributed by atoms with Gasteiger partial charge in [0.25, 0.3) is 5.91 Å². The Bertz CT molecular complexity index is 1030. The van der Waals surface area contributed by atoms with Crippen molar-refractivity contribution in [2.75, 3.05) is 18.0 Å². The highest BCUT2D eigenvalue weighted by atomic mass is 32.1. The summed E-state index contributed by atoms with van der Waals surface area (Å²) in [6, 6.07) is 5.27. The highest BCUT2D eigenvalue weighted by Crippen LogP contribution is 2.22. The first-order chi connectivity index (χ1) is 13.5. The Kier molecular flexibility index (Phi) is 4.91. The third-order valence-corrected chi connectivity index (χ3v) is 5.81. The van der Waals surface area contributed by atoms with E-state index in [1.54, 1.807) is 29.2 Å². The van der Waals surface area contributed by atoms with Crippen LogP contribution in [0.2, 0.25) is 0 Å². The molecule has 9 heteroatoms. The van der Waals surface area contributed by atoms with Gasteiger partial charge >= 0.3 is 0 Å². The first kappa shape index (κ1) is 18.3. The SMILES string of the molecule is CC(=O)c1ccc(C(=O)NC2CCN(c3nccc(-c4cnn(C)c4)n3)C2)s1. The molecule has 1 aliphatic rings. The van der Waals surface area contributed by atoms with Crippen LogP contribution >= 0.6 is 11.3 Å². The molecule has 0 radical (unpaired) electrons. The van der Waals surface area contributed by atoms with Gasteiger partial charge in [-0.1, -0.05) is 0 Å². The molecule has 0 saturated carbocycles. The quantitative estimate of drug-likeness (QED) is 0.664. The van der Waals surface area contributed by atoms with E-state index in [9.17, 15) is 9.59 Å². The van der Waals surface area contributed by atoms with E-state index in [1.807, 2.05) is 19.3 Å². The minimum atomic E-state index is -0.144. The first-order valence-electron chi connectivity index (χ1n) is 8.98. The Morgan fingerprint density at radius 3 is 2.79 bits per heavy atom. The molecule has 1 N–H and O–H groups in total. The molecule has 4 rings (SSSR count). The van der Waals surface area contributed by atoms with Crippen LogP contribution in [0.15, 0.2) is 36.8 Å². The van der Waals surface area contributed by atoms with E-state index in [0.29, 0.717) is 22.2 Å². The summed E-state index contributed by atoms with van der Waals surface area (Å²) in [5.41, 5.74) is 1.76. The zero-order valence-corrected chi connectivity index (χ0v) is 16.4. The third kappa shape index (κ3) is 3.79. The summed E-state index contributed by atoms with van der Waals surface area (Å²) in [5, 5.41) is 7.23. The maximum Gasteiger partial charge on any atom is 0.261 e. The number of nitrogens with zero attached hydrogens (tertiary/aromatic N) is 5. The number of nitrogens with one attached hydrogen (secondary N) is 1. The van der Waals surface area contributed by atoms with Gasteiger partial charge in [-0.15, -0.1) is 11.3 Å². The lowest BCUT2D eigenvalue weighted by Gasteiger charge is -2.17. The predicted octanol–water partition coefficient (Wildman–Crippen LogP) is 2.15. The molecule has 28 heavy (non-hydrogen) atoms. The van der Waals surface area contributed by atoms with Gasteiger partial charge in [0, 0.05) is 44.1 Å². The van der Waals surface area contributed by atoms with Gasteiger partial charge in [-0.05, 0) is 31.5 Å². The summed E-state index contributed by atoms with van der Waals surface area (Å²) >= 11 is 1.22. The standard InChI is InChI=1S/C19H20N6O2S/c1-12(26)16-3-4-17(28-16)18(27)22-14-6-8-25(11-14)19-20-7-5-15(23-19)13-9-21-24(2)10-13/h3-5,7,9-10,14H,6,8,11H2,1-2H3,(H,22,27). The topological polar surface area (TPSA) is 93.0 Å². The smallest absolute Gasteiger partial charge is 0.261 e. The molecule has 1 amide bonds. The van der Waals surface area contributed by atoms with Crippen molar-refractivity contribution in [2.24, 2.45) is 7.05 Å². The number of carbonyl (C=O) groups excluding carboxylic acids is 2. The first-order valence-corrected chi connectivity index (χ1v) is 9.80. The number of ketones is 1. The average Bonchev–Trinajstić information content (AvgIpc) is 3.42. The van der Waals surface area contributed by atoms with Crippen LogP contribution in [0.3, 0.4) is 0 Å². The van der Waals surface area contributed by atoms with Crippen molar-refractivity contribution in [3.05, 3.63) is 46.5 Å². The molecule has 144 valence electrons. The normalized spacial score (nSPS) is 16.4. The van der Waals surface area contributed by atoms with E-state index < -0.39 is 0 Å². The molecule has 0 spiro atoms. The van der Waals surface area contributed by atoms with Crippen molar-refractivity contribution in [3.63, 3.8) is 0 Å². The maximum absolute atomic E-state index is 12.5. The number of aromatic nitrogens is 4. The molecule has 0 aromatic carbocycles. The van der Waals surface area contributed by atoms with Crippen LogP contribution in [0, 0.1) is 0 Å². The second-order valence-electron chi connectivity index (χ2n) is 6.77. The number of rotatable bonds is 5. The van der Waals surface area contributed by atoms with Gasteiger partial charge in [0.1, 0.15) is 0 Å². The summed E-state index contributed by atoms with van der Waals surface area (Å²) in [7, 11) is 1.87. The van der Waals surface area contributed by atoms with Gasteiger partial charge in [0.15, 0.2) is 5.78 Å². The molecule has 1 aliphatic heterocycles. The molecule has 0 aliphatic carbocycles. The highest BCUT2D eigenvalue weighted by molar-refractivity contribution is 7.15. The lowest BCUT2D eigenvalue weighted by Crippen LogP contribution is -2.37. The van der Waals surface area contributed by atoms with Crippen molar-refractivity contribution in [1.82, 2.24) is 25.1 Å². The number of carbonyl (C=O) groups is 2. The van der Waals surface area contributed by atoms with E-state index in [-0.39, 0.29) is 17.7 Å². The van der Waals surface area contributed by atoms with Crippen molar-refractivity contribution >= 4 is 29.0 Å². The van der Waals surface area contributed by atoms with Gasteiger partial charge in [-0.3, -0.25) is 14.3 Å². The molecular weight excluding hydrogens is 376 g/mol. The minimum Gasteiger partial charge on any atom is -0.347 e. The number of aryl methyl sites for hydroxylation is 1. The molecule has 8 nitrogen and oxygen atoms in total. The Labute approximate surface area is 166 Å². The van der Waals surface area contributed by atoms with E-state index >= 15 is 0 Å². The van der Waals surface area contributed by atoms with Gasteiger partial charge in [0.2, 0.25) is 5.95 Å². The third-order valence-electron chi connectivity index (χ3n) is 4.63. The summed E-state index contributed by atoms with van der Waals surface area (Å²) < 4.78 is 1.74. The number of hydrogen-bond donors (Lipinski definition) is 1. The largest absolute Gasteiger partial charge is 0.347 e. The maximum atomic E-state index is 12.5. The fraction of sp³-hybridized carbons (Fsp3) is 0.316. The summed E-state index contributed by atoms with van der Waals surface area (Å²) in [6.07, 6.45) is 6.24. The second-order valence-corrected chi connectivity index (χ2v) is 7.85. The Morgan fingerprint density at radius 2 is 2.07 bits per heavy atom. The monoisotopic (exact) mass is 396 g/mol. The minimum absolute atomic E-state index is 0.0148. The molecule has 1 unspecified atom stereocenters. The summed E-state index contributed by atoms with van der Waals surface area (Å²) in [6.45, 7) is 2.92. The number of amides is 1. The van der Waals surface area contributed by atoms with Crippen LogP contribution in [-0.2, 0) is 7.05 Å². The molecule has 1 fully saturated rings. The molecule has 4 heterocycles. The van der Waals surface area contributed by atoms with Crippen molar-refractivity contribution < 1.29 is 9.59 Å². The predicted molar refractivity (Wildman–Crippen MR) is 107 cm³/mol. The van der Waals surface area contributed by atoms with Gasteiger partial charge < -0.3 is 10.2 Å². The summed E-state index contributed by atoms with van der Waals surface area (Å²) in [5.74, 6) is 0.476. The van der Waals surface area contributed by atoms with Gasteiger partial charge in [-0.25, -0.2) is 9.97 Å². The molecule has 1 saturated heterocycles. The Hall–Kier alpha value is -3.07. The van der Waals surface area contributed by atoms with Crippen molar-refractivity contribution in [3.8, 4) is 11.3 Å². The van der Waals surface area contributed by atoms with E-state index in [0.717, 1.165) is 24.2 Å². The second kappa shape index (κ2) is 7.51.